The zero-order valence-electron chi connectivity index (χ0n) is 12.2. The lowest BCUT2D eigenvalue weighted by molar-refractivity contribution is 0.102. The number of halogens is 1. The highest BCUT2D eigenvalue weighted by atomic mass is 79.9. The molecular weight excluding hydrogens is 328 g/mol. The van der Waals surface area contributed by atoms with Crippen LogP contribution in [-0.2, 0) is 6.42 Å². The lowest BCUT2D eigenvalue weighted by Crippen LogP contribution is -2.14. The summed E-state index contributed by atoms with van der Waals surface area (Å²) in [6.07, 6.45) is 0.826. The van der Waals surface area contributed by atoms with Crippen LogP contribution < -0.4 is 11.1 Å². The number of hydrogen-bond acceptors (Lipinski definition) is 2. The summed E-state index contributed by atoms with van der Waals surface area (Å²) in [6, 6.07) is 11.6. The number of nitrogens with two attached hydrogens (primary N) is 1. The molecule has 2 aromatic rings. The second-order valence-corrected chi connectivity index (χ2v) is 6.02. The quantitative estimate of drug-likeness (QED) is 0.883. The molecule has 0 heterocycles. The largest absolute Gasteiger partial charge is 0.330 e. The third-order valence-electron chi connectivity index (χ3n) is 3.39. The number of carbonyl (C=O) groups excluding carboxylic acids is 1. The molecular formula is C17H19BrN2O. The van der Waals surface area contributed by atoms with Crippen LogP contribution in [0.4, 0.5) is 5.69 Å². The molecule has 1 amide bonds. The van der Waals surface area contributed by atoms with E-state index in [1.54, 1.807) is 0 Å². The maximum atomic E-state index is 12.3. The summed E-state index contributed by atoms with van der Waals surface area (Å²) >= 11 is 3.46. The van der Waals surface area contributed by atoms with E-state index in [2.05, 4.69) is 21.2 Å². The molecule has 0 unspecified atom stereocenters. The van der Waals surface area contributed by atoms with E-state index in [0.29, 0.717) is 12.1 Å². The fraction of sp³-hybridized carbons (Fsp3) is 0.235. The van der Waals surface area contributed by atoms with Crippen molar-refractivity contribution in [3.05, 3.63) is 63.1 Å². The molecule has 0 aliphatic heterocycles. The van der Waals surface area contributed by atoms with E-state index in [1.165, 1.54) is 0 Å². The molecule has 0 saturated carbocycles. The molecule has 0 fully saturated rings. The second-order valence-electron chi connectivity index (χ2n) is 5.10. The van der Waals surface area contributed by atoms with Crippen molar-refractivity contribution in [3.8, 4) is 0 Å². The Labute approximate surface area is 133 Å². The van der Waals surface area contributed by atoms with E-state index < -0.39 is 0 Å². The first-order valence-corrected chi connectivity index (χ1v) is 7.67. The average molecular weight is 347 g/mol. The van der Waals surface area contributed by atoms with Crippen molar-refractivity contribution in [1.82, 2.24) is 0 Å². The molecule has 3 nitrogen and oxygen atoms in total. The summed E-state index contributed by atoms with van der Waals surface area (Å²) in [4.78, 5) is 12.3. The van der Waals surface area contributed by atoms with Gasteiger partial charge in [0.05, 0.1) is 0 Å². The van der Waals surface area contributed by atoms with Crippen LogP contribution in [0, 0.1) is 13.8 Å². The zero-order chi connectivity index (χ0) is 15.4. The van der Waals surface area contributed by atoms with Gasteiger partial charge in [0.2, 0.25) is 0 Å². The number of rotatable bonds is 4. The standard InChI is InChI=1S/C17H19BrN2O/c1-11-9-15(18)10-12(2)16(11)20-17(21)14-5-3-13(4-6-14)7-8-19/h3-6,9-10H,7-8,19H2,1-2H3,(H,20,21). The summed E-state index contributed by atoms with van der Waals surface area (Å²) in [7, 11) is 0. The van der Waals surface area contributed by atoms with Crippen molar-refractivity contribution >= 4 is 27.5 Å². The van der Waals surface area contributed by atoms with Crippen LogP contribution in [0.2, 0.25) is 0 Å². The first kappa shape index (κ1) is 15.7. The molecule has 0 bridgehead atoms. The Morgan fingerprint density at radius 3 is 2.24 bits per heavy atom. The van der Waals surface area contributed by atoms with Crippen LogP contribution in [0.3, 0.4) is 0 Å². The van der Waals surface area contributed by atoms with Crippen LogP contribution in [0.5, 0.6) is 0 Å². The Hall–Kier alpha value is -1.65. The monoisotopic (exact) mass is 346 g/mol. The van der Waals surface area contributed by atoms with Crippen LogP contribution in [0.15, 0.2) is 40.9 Å². The first-order chi connectivity index (χ1) is 10.0. The number of amides is 1. The Bertz CT molecular complexity index is 627. The van der Waals surface area contributed by atoms with Gasteiger partial charge in [0.1, 0.15) is 0 Å². The molecule has 0 aromatic heterocycles. The van der Waals surface area contributed by atoms with Crippen molar-refractivity contribution in [3.63, 3.8) is 0 Å². The minimum Gasteiger partial charge on any atom is -0.330 e. The van der Waals surface area contributed by atoms with E-state index >= 15 is 0 Å². The van der Waals surface area contributed by atoms with E-state index in [-0.39, 0.29) is 5.91 Å². The molecule has 2 aromatic carbocycles. The van der Waals surface area contributed by atoms with Gasteiger partial charge in [-0.2, -0.15) is 0 Å². The van der Waals surface area contributed by atoms with Crippen molar-refractivity contribution < 1.29 is 4.79 Å². The molecule has 0 saturated heterocycles. The predicted octanol–water partition coefficient (Wildman–Crippen LogP) is 3.82. The molecule has 21 heavy (non-hydrogen) atoms. The van der Waals surface area contributed by atoms with Crippen molar-refractivity contribution in [1.29, 1.82) is 0 Å². The molecule has 0 aliphatic carbocycles. The van der Waals surface area contributed by atoms with Gasteiger partial charge in [0.25, 0.3) is 5.91 Å². The third-order valence-corrected chi connectivity index (χ3v) is 3.84. The Morgan fingerprint density at radius 1 is 1.14 bits per heavy atom. The van der Waals surface area contributed by atoms with E-state index in [1.807, 2.05) is 50.2 Å². The Kier molecular flexibility index (Phi) is 5.15. The first-order valence-electron chi connectivity index (χ1n) is 6.88. The summed E-state index contributed by atoms with van der Waals surface area (Å²) in [5.74, 6) is -0.0946. The number of anilines is 1. The SMILES string of the molecule is Cc1cc(Br)cc(C)c1NC(=O)c1ccc(CCN)cc1. The predicted molar refractivity (Wildman–Crippen MR) is 90.8 cm³/mol. The summed E-state index contributed by atoms with van der Waals surface area (Å²) in [5.41, 5.74) is 10.3. The highest BCUT2D eigenvalue weighted by Gasteiger charge is 2.10. The maximum Gasteiger partial charge on any atom is 0.255 e. The fourth-order valence-corrected chi connectivity index (χ4v) is 2.97. The van der Waals surface area contributed by atoms with Gasteiger partial charge < -0.3 is 11.1 Å². The molecule has 0 aliphatic rings. The van der Waals surface area contributed by atoms with Crippen molar-refractivity contribution in [2.45, 2.75) is 20.3 Å². The molecule has 0 radical (unpaired) electrons. The normalized spacial score (nSPS) is 10.5. The molecule has 0 atom stereocenters. The number of aryl methyl sites for hydroxylation is 2. The lowest BCUT2D eigenvalue weighted by atomic mass is 10.1. The summed E-state index contributed by atoms with van der Waals surface area (Å²) in [6.45, 7) is 4.58. The highest BCUT2D eigenvalue weighted by Crippen LogP contribution is 2.25. The van der Waals surface area contributed by atoms with Gasteiger partial charge >= 0.3 is 0 Å². The fourth-order valence-electron chi connectivity index (χ4n) is 2.28. The van der Waals surface area contributed by atoms with E-state index in [9.17, 15) is 4.79 Å². The minimum atomic E-state index is -0.0946. The number of benzene rings is 2. The van der Waals surface area contributed by atoms with Crippen LogP contribution in [-0.4, -0.2) is 12.5 Å². The molecule has 2 rings (SSSR count). The van der Waals surface area contributed by atoms with Gasteiger partial charge in [-0.25, -0.2) is 0 Å². The van der Waals surface area contributed by atoms with Gasteiger partial charge in [0, 0.05) is 15.7 Å². The second kappa shape index (κ2) is 6.87. The van der Waals surface area contributed by atoms with Gasteiger partial charge in [-0.15, -0.1) is 0 Å². The van der Waals surface area contributed by atoms with Crippen LogP contribution in [0.25, 0.3) is 0 Å². The van der Waals surface area contributed by atoms with Crippen molar-refractivity contribution in [2.75, 3.05) is 11.9 Å². The maximum absolute atomic E-state index is 12.3. The average Bonchev–Trinajstić information content (AvgIpc) is 2.43. The van der Waals surface area contributed by atoms with Crippen molar-refractivity contribution in [2.24, 2.45) is 5.73 Å². The molecule has 110 valence electrons. The number of hydrogen-bond donors (Lipinski definition) is 2. The summed E-state index contributed by atoms with van der Waals surface area (Å²) in [5, 5.41) is 2.99. The van der Waals surface area contributed by atoms with Crippen LogP contribution >= 0.6 is 15.9 Å². The molecule has 0 spiro atoms. The van der Waals surface area contributed by atoms with Gasteiger partial charge in [0.15, 0.2) is 0 Å². The Balaban J connectivity index is 2.18. The van der Waals surface area contributed by atoms with E-state index in [4.69, 9.17) is 5.73 Å². The lowest BCUT2D eigenvalue weighted by Gasteiger charge is -2.12. The van der Waals surface area contributed by atoms with E-state index in [0.717, 1.165) is 33.3 Å². The molecule has 4 heteroatoms. The third kappa shape index (κ3) is 3.93. The highest BCUT2D eigenvalue weighted by molar-refractivity contribution is 9.10. The van der Waals surface area contributed by atoms with Crippen LogP contribution in [0.1, 0.15) is 27.0 Å². The zero-order valence-corrected chi connectivity index (χ0v) is 13.8. The van der Waals surface area contributed by atoms with Gasteiger partial charge in [-0.3, -0.25) is 4.79 Å². The number of nitrogens with one attached hydrogen (secondary N) is 1. The smallest absolute Gasteiger partial charge is 0.255 e. The summed E-state index contributed by atoms with van der Waals surface area (Å²) < 4.78 is 1.02. The topological polar surface area (TPSA) is 55.1 Å². The minimum absolute atomic E-state index is 0.0946. The molecule has 3 N–H and O–H groups in total. The number of carbonyl (C=O) groups is 1. The Morgan fingerprint density at radius 2 is 1.71 bits per heavy atom. The van der Waals surface area contributed by atoms with Gasteiger partial charge in [-0.1, -0.05) is 28.1 Å². The van der Waals surface area contributed by atoms with Gasteiger partial charge in [-0.05, 0) is 67.8 Å².